The molecule has 0 radical (unpaired) electrons. The Morgan fingerprint density at radius 3 is 2.88 bits per heavy atom. The van der Waals surface area contributed by atoms with Crippen molar-refractivity contribution >= 4 is 11.6 Å². The molecule has 0 aliphatic heterocycles. The maximum atomic E-state index is 11.8. The highest BCUT2D eigenvalue weighted by Gasteiger charge is 2.06. The van der Waals surface area contributed by atoms with E-state index in [9.17, 15) is 4.79 Å². The zero-order chi connectivity index (χ0) is 12.7. The summed E-state index contributed by atoms with van der Waals surface area (Å²) in [5.41, 5.74) is 1.36. The molecule has 0 aliphatic rings. The van der Waals surface area contributed by atoms with E-state index >= 15 is 0 Å². The molecule has 1 heterocycles. The van der Waals surface area contributed by atoms with Gasteiger partial charge in [-0.25, -0.2) is 0 Å². The van der Waals surface area contributed by atoms with Crippen LogP contribution in [0.4, 0.5) is 5.69 Å². The Labute approximate surface area is 103 Å². The predicted octanol–water partition coefficient (Wildman–Crippen LogP) is 2.29. The zero-order valence-electron chi connectivity index (χ0n) is 10.8. The molecule has 1 aromatic rings. The summed E-state index contributed by atoms with van der Waals surface area (Å²) in [4.78, 5) is 15.8. The summed E-state index contributed by atoms with van der Waals surface area (Å²) in [6.07, 6.45) is 3.77. The highest BCUT2D eigenvalue weighted by molar-refractivity contribution is 5.93. The summed E-state index contributed by atoms with van der Waals surface area (Å²) in [5.74, 6) is 0.573. The summed E-state index contributed by atoms with van der Waals surface area (Å²) in [6, 6.07) is 3.58. The van der Waals surface area contributed by atoms with Crippen LogP contribution in [0.3, 0.4) is 0 Å². The van der Waals surface area contributed by atoms with Gasteiger partial charge in [-0.1, -0.05) is 13.8 Å². The van der Waals surface area contributed by atoms with E-state index in [1.54, 1.807) is 12.3 Å². The Balaban J connectivity index is 2.41. The summed E-state index contributed by atoms with van der Waals surface area (Å²) < 4.78 is 0. The lowest BCUT2D eigenvalue weighted by Crippen LogP contribution is -2.25. The molecule has 4 nitrogen and oxygen atoms in total. The quantitative estimate of drug-likeness (QED) is 0.744. The molecule has 0 aromatic carbocycles. The average molecular weight is 235 g/mol. The van der Waals surface area contributed by atoms with Crippen molar-refractivity contribution in [2.24, 2.45) is 5.92 Å². The van der Waals surface area contributed by atoms with Gasteiger partial charge in [0.2, 0.25) is 0 Å². The molecule has 1 rings (SSSR count). The van der Waals surface area contributed by atoms with Crippen LogP contribution >= 0.6 is 0 Å². The van der Waals surface area contributed by atoms with Gasteiger partial charge in [0.15, 0.2) is 0 Å². The molecule has 0 saturated carbocycles. The number of carbonyl (C=O) groups is 1. The topological polar surface area (TPSA) is 54.0 Å². The summed E-state index contributed by atoms with van der Waals surface area (Å²) in [6.45, 7) is 5.07. The predicted molar refractivity (Wildman–Crippen MR) is 70.2 cm³/mol. The van der Waals surface area contributed by atoms with E-state index in [1.165, 1.54) is 0 Å². The van der Waals surface area contributed by atoms with E-state index in [0.29, 0.717) is 18.2 Å². The molecule has 0 spiro atoms. The van der Waals surface area contributed by atoms with Crippen LogP contribution in [0.25, 0.3) is 0 Å². The SMILES string of the molecule is CNc1ccnc(C(=O)NCCCC(C)C)c1. The molecule has 1 aromatic heterocycles. The van der Waals surface area contributed by atoms with Crippen molar-refractivity contribution in [3.05, 3.63) is 24.0 Å². The maximum absolute atomic E-state index is 11.8. The molecular weight excluding hydrogens is 214 g/mol. The van der Waals surface area contributed by atoms with Gasteiger partial charge in [-0.05, 0) is 30.9 Å². The minimum Gasteiger partial charge on any atom is -0.388 e. The monoisotopic (exact) mass is 235 g/mol. The van der Waals surface area contributed by atoms with Crippen LogP contribution in [0, 0.1) is 5.92 Å². The molecule has 0 bridgehead atoms. The number of aromatic nitrogens is 1. The van der Waals surface area contributed by atoms with Gasteiger partial charge in [0.05, 0.1) is 0 Å². The lowest BCUT2D eigenvalue weighted by atomic mass is 10.1. The Kier molecular flexibility index (Phi) is 5.46. The molecule has 2 N–H and O–H groups in total. The van der Waals surface area contributed by atoms with Crippen LogP contribution in [-0.2, 0) is 0 Å². The number of hydrogen-bond acceptors (Lipinski definition) is 3. The van der Waals surface area contributed by atoms with Gasteiger partial charge in [-0.3, -0.25) is 9.78 Å². The standard InChI is InChI=1S/C13H21N3O/c1-10(2)5-4-7-16-13(17)12-9-11(14-3)6-8-15-12/h6,8-10H,4-5,7H2,1-3H3,(H,14,15)(H,16,17). The molecule has 0 aliphatic carbocycles. The summed E-state index contributed by atoms with van der Waals surface area (Å²) in [7, 11) is 1.82. The third kappa shape index (κ3) is 4.85. The number of hydrogen-bond donors (Lipinski definition) is 2. The second kappa shape index (κ2) is 6.89. The van der Waals surface area contributed by atoms with E-state index in [4.69, 9.17) is 0 Å². The molecule has 0 atom stereocenters. The third-order valence-corrected chi connectivity index (χ3v) is 2.53. The third-order valence-electron chi connectivity index (χ3n) is 2.53. The van der Waals surface area contributed by atoms with Crippen LogP contribution in [0.1, 0.15) is 37.2 Å². The van der Waals surface area contributed by atoms with Gasteiger partial charge in [-0.15, -0.1) is 0 Å². The van der Waals surface area contributed by atoms with Crippen LogP contribution < -0.4 is 10.6 Å². The molecule has 4 heteroatoms. The van der Waals surface area contributed by atoms with Gasteiger partial charge in [0, 0.05) is 25.5 Å². The number of anilines is 1. The number of nitrogens with zero attached hydrogens (tertiary/aromatic N) is 1. The Morgan fingerprint density at radius 2 is 2.24 bits per heavy atom. The molecule has 0 fully saturated rings. The Morgan fingerprint density at radius 1 is 1.47 bits per heavy atom. The number of amides is 1. The highest BCUT2D eigenvalue weighted by Crippen LogP contribution is 2.07. The van der Waals surface area contributed by atoms with Crippen molar-refractivity contribution in [2.45, 2.75) is 26.7 Å². The van der Waals surface area contributed by atoms with Crippen LogP contribution in [-0.4, -0.2) is 24.5 Å². The van der Waals surface area contributed by atoms with Crippen molar-refractivity contribution in [3.63, 3.8) is 0 Å². The fourth-order valence-electron chi connectivity index (χ4n) is 1.51. The van der Waals surface area contributed by atoms with Crippen molar-refractivity contribution in [3.8, 4) is 0 Å². The number of nitrogens with one attached hydrogen (secondary N) is 2. The smallest absolute Gasteiger partial charge is 0.269 e. The average Bonchev–Trinajstić information content (AvgIpc) is 2.34. The fraction of sp³-hybridized carbons (Fsp3) is 0.538. The number of carbonyl (C=O) groups excluding carboxylic acids is 1. The second-order valence-corrected chi connectivity index (χ2v) is 4.47. The summed E-state index contributed by atoms with van der Waals surface area (Å²) in [5, 5.41) is 5.86. The van der Waals surface area contributed by atoms with Gasteiger partial charge in [0.25, 0.3) is 5.91 Å². The van der Waals surface area contributed by atoms with E-state index in [1.807, 2.05) is 13.1 Å². The first kappa shape index (κ1) is 13.5. The fourth-order valence-corrected chi connectivity index (χ4v) is 1.51. The van der Waals surface area contributed by atoms with Gasteiger partial charge >= 0.3 is 0 Å². The molecule has 1 amide bonds. The van der Waals surface area contributed by atoms with Crippen LogP contribution in [0.5, 0.6) is 0 Å². The lowest BCUT2D eigenvalue weighted by Gasteiger charge is -2.07. The minimum absolute atomic E-state index is 0.106. The lowest BCUT2D eigenvalue weighted by molar-refractivity contribution is 0.0947. The first-order valence-corrected chi connectivity index (χ1v) is 6.05. The van der Waals surface area contributed by atoms with E-state index in [2.05, 4.69) is 29.5 Å². The van der Waals surface area contributed by atoms with Gasteiger partial charge in [0.1, 0.15) is 5.69 Å². The molecule has 94 valence electrons. The molecule has 0 saturated heterocycles. The molecular formula is C13H21N3O. The maximum Gasteiger partial charge on any atom is 0.269 e. The van der Waals surface area contributed by atoms with Crippen LogP contribution in [0.15, 0.2) is 18.3 Å². The zero-order valence-corrected chi connectivity index (χ0v) is 10.8. The number of pyridine rings is 1. The molecule has 17 heavy (non-hydrogen) atoms. The molecule has 0 unspecified atom stereocenters. The minimum atomic E-state index is -0.106. The Hall–Kier alpha value is -1.58. The van der Waals surface area contributed by atoms with Crippen molar-refractivity contribution < 1.29 is 4.79 Å². The number of rotatable bonds is 6. The van der Waals surface area contributed by atoms with Gasteiger partial charge < -0.3 is 10.6 Å². The van der Waals surface area contributed by atoms with E-state index in [0.717, 1.165) is 18.5 Å². The summed E-state index contributed by atoms with van der Waals surface area (Å²) >= 11 is 0. The first-order chi connectivity index (χ1) is 8.13. The van der Waals surface area contributed by atoms with Gasteiger partial charge in [-0.2, -0.15) is 0 Å². The largest absolute Gasteiger partial charge is 0.388 e. The van der Waals surface area contributed by atoms with Crippen molar-refractivity contribution in [2.75, 3.05) is 18.9 Å². The van der Waals surface area contributed by atoms with Crippen molar-refractivity contribution in [1.82, 2.24) is 10.3 Å². The first-order valence-electron chi connectivity index (χ1n) is 6.05. The Bertz CT molecular complexity index is 363. The second-order valence-electron chi connectivity index (χ2n) is 4.47. The highest BCUT2D eigenvalue weighted by atomic mass is 16.1. The van der Waals surface area contributed by atoms with Crippen molar-refractivity contribution in [1.29, 1.82) is 0 Å². The van der Waals surface area contributed by atoms with Crippen LogP contribution in [0.2, 0.25) is 0 Å². The normalized spacial score (nSPS) is 10.4. The van der Waals surface area contributed by atoms with E-state index < -0.39 is 0 Å². The van der Waals surface area contributed by atoms with E-state index in [-0.39, 0.29) is 5.91 Å².